The topological polar surface area (TPSA) is 12.0 Å². The second-order valence-corrected chi connectivity index (χ2v) is 3.68. The average molecular weight is 198 g/mol. The standard InChI is InChI=1S/C11H16ClN/c1-3-6-13-8-10-7-9(2)4-5-11(10)12/h4-5,7,13H,3,6,8H2,1-2H3. The normalized spacial score (nSPS) is 10.4. The Balaban J connectivity index is 2.59. The maximum atomic E-state index is 6.04. The number of aryl methyl sites for hydroxylation is 1. The van der Waals surface area contributed by atoms with E-state index in [4.69, 9.17) is 11.6 Å². The van der Waals surface area contributed by atoms with Crippen LogP contribution in [0.2, 0.25) is 5.02 Å². The van der Waals surface area contributed by atoms with Gasteiger partial charge >= 0.3 is 0 Å². The van der Waals surface area contributed by atoms with Crippen LogP contribution in [0.1, 0.15) is 24.5 Å². The molecule has 0 aromatic heterocycles. The van der Waals surface area contributed by atoms with Crippen LogP contribution in [-0.4, -0.2) is 6.54 Å². The Morgan fingerprint density at radius 1 is 1.38 bits per heavy atom. The van der Waals surface area contributed by atoms with E-state index in [0.717, 1.165) is 24.5 Å². The zero-order chi connectivity index (χ0) is 9.68. The van der Waals surface area contributed by atoms with Gasteiger partial charge in [0, 0.05) is 11.6 Å². The summed E-state index contributed by atoms with van der Waals surface area (Å²) >= 11 is 6.04. The smallest absolute Gasteiger partial charge is 0.0451 e. The lowest BCUT2D eigenvalue weighted by Crippen LogP contribution is -2.14. The zero-order valence-corrected chi connectivity index (χ0v) is 8.99. The maximum absolute atomic E-state index is 6.04. The summed E-state index contributed by atoms with van der Waals surface area (Å²) in [6, 6.07) is 6.12. The molecular formula is C11H16ClN. The molecule has 0 amide bonds. The van der Waals surface area contributed by atoms with Crippen molar-refractivity contribution in [1.29, 1.82) is 0 Å². The summed E-state index contributed by atoms with van der Waals surface area (Å²) in [7, 11) is 0. The van der Waals surface area contributed by atoms with Crippen LogP contribution in [0.4, 0.5) is 0 Å². The van der Waals surface area contributed by atoms with Crippen molar-refractivity contribution in [1.82, 2.24) is 5.32 Å². The van der Waals surface area contributed by atoms with Crippen molar-refractivity contribution in [2.75, 3.05) is 6.54 Å². The second-order valence-electron chi connectivity index (χ2n) is 3.27. The van der Waals surface area contributed by atoms with E-state index in [-0.39, 0.29) is 0 Å². The second kappa shape index (κ2) is 5.25. The number of hydrogen-bond acceptors (Lipinski definition) is 1. The van der Waals surface area contributed by atoms with Gasteiger partial charge in [-0.1, -0.05) is 36.2 Å². The van der Waals surface area contributed by atoms with E-state index in [0.29, 0.717) is 0 Å². The molecule has 1 aromatic rings. The van der Waals surface area contributed by atoms with Crippen molar-refractivity contribution >= 4 is 11.6 Å². The van der Waals surface area contributed by atoms with Gasteiger partial charge in [-0.2, -0.15) is 0 Å². The fourth-order valence-electron chi connectivity index (χ4n) is 1.24. The summed E-state index contributed by atoms with van der Waals surface area (Å²) in [5, 5.41) is 4.19. The van der Waals surface area contributed by atoms with Crippen molar-refractivity contribution in [2.24, 2.45) is 0 Å². The summed E-state index contributed by atoms with van der Waals surface area (Å²) in [6.07, 6.45) is 1.16. The molecule has 0 aliphatic heterocycles. The van der Waals surface area contributed by atoms with E-state index >= 15 is 0 Å². The number of benzene rings is 1. The Kier molecular flexibility index (Phi) is 4.26. The third-order valence-corrected chi connectivity index (χ3v) is 2.31. The van der Waals surface area contributed by atoms with Gasteiger partial charge in [0.05, 0.1) is 0 Å². The summed E-state index contributed by atoms with van der Waals surface area (Å²) in [6.45, 7) is 6.16. The van der Waals surface area contributed by atoms with Crippen LogP contribution in [0.25, 0.3) is 0 Å². The molecule has 0 aliphatic rings. The molecule has 1 aromatic carbocycles. The number of hydrogen-bond donors (Lipinski definition) is 1. The molecule has 0 bridgehead atoms. The van der Waals surface area contributed by atoms with E-state index in [9.17, 15) is 0 Å². The maximum Gasteiger partial charge on any atom is 0.0451 e. The molecule has 72 valence electrons. The van der Waals surface area contributed by atoms with Crippen molar-refractivity contribution in [2.45, 2.75) is 26.8 Å². The highest BCUT2D eigenvalue weighted by atomic mass is 35.5. The van der Waals surface area contributed by atoms with Gasteiger partial charge in [-0.25, -0.2) is 0 Å². The molecule has 13 heavy (non-hydrogen) atoms. The molecule has 2 heteroatoms. The molecule has 0 unspecified atom stereocenters. The zero-order valence-electron chi connectivity index (χ0n) is 8.23. The van der Waals surface area contributed by atoms with Crippen molar-refractivity contribution in [3.8, 4) is 0 Å². The minimum Gasteiger partial charge on any atom is -0.313 e. The van der Waals surface area contributed by atoms with Gasteiger partial charge in [0.25, 0.3) is 0 Å². The quantitative estimate of drug-likeness (QED) is 0.732. The van der Waals surface area contributed by atoms with Gasteiger partial charge in [0.15, 0.2) is 0 Å². The number of halogens is 1. The number of rotatable bonds is 4. The minimum atomic E-state index is 0.856. The van der Waals surface area contributed by atoms with Gasteiger partial charge in [-0.15, -0.1) is 0 Å². The first-order valence-electron chi connectivity index (χ1n) is 4.69. The third-order valence-electron chi connectivity index (χ3n) is 1.94. The molecule has 0 aliphatic carbocycles. The lowest BCUT2D eigenvalue weighted by molar-refractivity contribution is 0.675. The Labute approximate surface area is 85.1 Å². The first-order chi connectivity index (χ1) is 6.24. The van der Waals surface area contributed by atoms with Crippen molar-refractivity contribution in [3.63, 3.8) is 0 Å². The fraction of sp³-hybridized carbons (Fsp3) is 0.455. The molecule has 1 rings (SSSR count). The lowest BCUT2D eigenvalue weighted by atomic mass is 10.1. The first kappa shape index (κ1) is 10.6. The van der Waals surface area contributed by atoms with E-state index in [1.54, 1.807) is 0 Å². The Bertz CT molecular complexity index is 271. The summed E-state index contributed by atoms with van der Waals surface area (Å²) in [5.41, 5.74) is 2.45. The predicted octanol–water partition coefficient (Wildman–Crippen LogP) is 3.15. The Morgan fingerprint density at radius 3 is 2.85 bits per heavy atom. The largest absolute Gasteiger partial charge is 0.313 e. The SMILES string of the molecule is CCCNCc1cc(C)ccc1Cl. The lowest BCUT2D eigenvalue weighted by Gasteiger charge is -2.06. The first-order valence-corrected chi connectivity index (χ1v) is 5.07. The Morgan fingerprint density at radius 2 is 2.15 bits per heavy atom. The molecule has 0 atom stereocenters. The van der Waals surface area contributed by atoms with Crippen LogP contribution < -0.4 is 5.32 Å². The van der Waals surface area contributed by atoms with Crippen LogP contribution in [0.5, 0.6) is 0 Å². The fourth-order valence-corrected chi connectivity index (χ4v) is 1.42. The molecule has 0 heterocycles. The predicted molar refractivity (Wildman–Crippen MR) is 58.2 cm³/mol. The highest BCUT2D eigenvalue weighted by Crippen LogP contribution is 2.16. The van der Waals surface area contributed by atoms with Gasteiger partial charge < -0.3 is 5.32 Å². The van der Waals surface area contributed by atoms with E-state index in [2.05, 4.69) is 25.2 Å². The van der Waals surface area contributed by atoms with Crippen molar-refractivity contribution < 1.29 is 0 Å². The molecule has 0 fully saturated rings. The summed E-state index contributed by atoms with van der Waals surface area (Å²) in [4.78, 5) is 0. The van der Waals surface area contributed by atoms with Crippen LogP contribution in [0, 0.1) is 6.92 Å². The number of nitrogens with one attached hydrogen (secondary N) is 1. The Hall–Kier alpha value is -0.530. The highest BCUT2D eigenvalue weighted by Gasteiger charge is 1.98. The monoisotopic (exact) mass is 197 g/mol. The van der Waals surface area contributed by atoms with E-state index in [1.165, 1.54) is 11.1 Å². The van der Waals surface area contributed by atoms with E-state index in [1.807, 2.05) is 12.1 Å². The minimum absolute atomic E-state index is 0.856. The molecule has 0 saturated heterocycles. The molecule has 1 nitrogen and oxygen atoms in total. The molecule has 1 N–H and O–H groups in total. The van der Waals surface area contributed by atoms with Crippen LogP contribution >= 0.6 is 11.6 Å². The summed E-state index contributed by atoms with van der Waals surface area (Å²) in [5.74, 6) is 0. The molecule has 0 saturated carbocycles. The van der Waals surface area contributed by atoms with Gasteiger partial charge in [0.1, 0.15) is 0 Å². The molecule has 0 spiro atoms. The van der Waals surface area contributed by atoms with Crippen LogP contribution in [0.15, 0.2) is 18.2 Å². The molecule has 0 radical (unpaired) electrons. The third kappa shape index (κ3) is 3.37. The van der Waals surface area contributed by atoms with Crippen LogP contribution in [0.3, 0.4) is 0 Å². The molecular weight excluding hydrogens is 182 g/mol. The van der Waals surface area contributed by atoms with Gasteiger partial charge in [0.2, 0.25) is 0 Å². The van der Waals surface area contributed by atoms with Crippen molar-refractivity contribution in [3.05, 3.63) is 34.3 Å². The average Bonchev–Trinajstić information content (AvgIpc) is 2.11. The highest BCUT2D eigenvalue weighted by molar-refractivity contribution is 6.31. The van der Waals surface area contributed by atoms with E-state index < -0.39 is 0 Å². The van der Waals surface area contributed by atoms with Gasteiger partial charge in [-0.05, 0) is 31.5 Å². The van der Waals surface area contributed by atoms with Crippen LogP contribution in [-0.2, 0) is 6.54 Å². The summed E-state index contributed by atoms with van der Waals surface area (Å²) < 4.78 is 0. The van der Waals surface area contributed by atoms with Gasteiger partial charge in [-0.3, -0.25) is 0 Å².